The first-order valence-electron chi connectivity index (χ1n) is 9.82. The number of piperidine rings is 1. The van der Waals surface area contributed by atoms with Gasteiger partial charge in [0.25, 0.3) is 0 Å². The van der Waals surface area contributed by atoms with Crippen molar-refractivity contribution in [1.29, 1.82) is 0 Å². The predicted octanol–water partition coefficient (Wildman–Crippen LogP) is 3.49. The second-order valence-corrected chi connectivity index (χ2v) is 9.01. The van der Waals surface area contributed by atoms with Gasteiger partial charge >= 0.3 is 6.09 Å². The molecule has 1 aromatic heterocycles. The van der Waals surface area contributed by atoms with Gasteiger partial charge < -0.3 is 20.3 Å². The lowest BCUT2D eigenvalue weighted by molar-refractivity contribution is 0.0162. The molecule has 2 N–H and O–H groups in total. The van der Waals surface area contributed by atoms with Crippen molar-refractivity contribution in [2.24, 2.45) is 10.9 Å². The number of rotatable bonds is 6. The minimum Gasteiger partial charge on any atom is -0.444 e. The summed E-state index contributed by atoms with van der Waals surface area (Å²) < 4.78 is 5.50. The predicted molar refractivity (Wildman–Crippen MR) is 113 cm³/mol. The molecule has 2 rings (SSSR count). The molecule has 1 saturated heterocycles. The zero-order valence-corrected chi connectivity index (χ0v) is 17.9. The topological polar surface area (TPSA) is 66.0 Å². The first-order chi connectivity index (χ1) is 12.9. The van der Waals surface area contributed by atoms with Crippen molar-refractivity contribution in [2.45, 2.75) is 52.1 Å². The highest BCUT2D eigenvalue weighted by molar-refractivity contribution is 7.09. The van der Waals surface area contributed by atoms with Crippen molar-refractivity contribution in [3.05, 3.63) is 22.4 Å². The molecule has 1 atom stereocenters. The van der Waals surface area contributed by atoms with Crippen LogP contribution in [0.2, 0.25) is 0 Å². The van der Waals surface area contributed by atoms with Gasteiger partial charge in [-0.15, -0.1) is 11.3 Å². The number of carbonyl (C=O) groups excluding carboxylic acids is 1. The summed E-state index contributed by atoms with van der Waals surface area (Å²) in [5.74, 6) is 1.34. The highest BCUT2D eigenvalue weighted by Crippen LogP contribution is 2.21. The Labute approximate surface area is 167 Å². The van der Waals surface area contributed by atoms with E-state index in [1.807, 2.05) is 25.7 Å². The maximum atomic E-state index is 12.3. The maximum Gasteiger partial charge on any atom is 0.410 e. The van der Waals surface area contributed by atoms with Crippen LogP contribution in [0.5, 0.6) is 0 Å². The van der Waals surface area contributed by atoms with Gasteiger partial charge in [-0.25, -0.2) is 4.79 Å². The molecule has 7 heteroatoms. The number of likely N-dealkylation sites (tertiary alicyclic amines) is 1. The number of thiophene rings is 1. The molecule has 2 heterocycles. The second kappa shape index (κ2) is 10.5. The van der Waals surface area contributed by atoms with Crippen LogP contribution in [0.3, 0.4) is 0 Å². The smallest absolute Gasteiger partial charge is 0.410 e. The first kappa shape index (κ1) is 21.5. The van der Waals surface area contributed by atoms with Crippen LogP contribution in [0.15, 0.2) is 22.5 Å². The van der Waals surface area contributed by atoms with Crippen LogP contribution in [0.25, 0.3) is 0 Å². The fraction of sp³-hybridized carbons (Fsp3) is 0.700. The molecule has 0 saturated carbocycles. The standard InChI is InChI=1S/C20H34N4O2S/c1-20(2,3)26-19(25)24-13-5-7-16(15-24)9-11-22-18(21-4)23-12-10-17-8-6-14-27-17/h6,8,14,16H,5,7,9-13,15H2,1-4H3,(H2,21,22,23). The van der Waals surface area contributed by atoms with Gasteiger partial charge in [0.1, 0.15) is 5.60 Å². The Morgan fingerprint density at radius 3 is 2.81 bits per heavy atom. The summed E-state index contributed by atoms with van der Waals surface area (Å²) in [6.45, 7) is 9.03. The number of nitrogens with one attached hydrogen (secondary N) is 2. The lowest BCUT2D eigenvalue weighted by atomic mass is 9.95. The summed E-state index contributed by atoms with van der Waals surface area (Å²) >= 11 is 1.78. The van der Waals surface area contributed by atoms with Gasteiger partial charge in [-0.05, 0) is 63.8 Å². The quantitative estimate of drug-likeness (QED) is 0.573. The molecule has 6 nitrogen and oxygen atoms in total. The summed E-state index contributed by atoms with van der Waals surface area (Å²) in [5, 5.41) is 8.85. The van der Waals surface area contributed by atoms with Crippen LogP contribution in [0.1, 0.15) is 44.9 Å². The number of ether oxygens (including phenoxy) is 1. The Kier molecular flexibility index (Phi) is 8.41. The van der Waals surface area contributed by atoms with Crippen molar-refractivity contribution >= 4 is 23.4 Å². The molecule has 152 valence electrons. The van der Waals surface area contributed by atoms with Crippen LogP contribution in [-0.4, -0.2) is 55.8 Å². The van der Waals surface area contributed by atoms with Crippen molar-refractivity contribution < 1.29 is 9.53 Å². The number of carbonyl (C=O) groups is 1. The fourth-order valence-corrected chi connectivity index (χ4v) is 3.88. The largest absolute Gasteiger partial charge is 0.444 e. The second-order valence-electron chi connectivity index (χ2n) is 7.98. The van der Waals surface area contributed by atoms with Crippen LogP contribution in [0.4, 0.5) is 4.79 Å². The summed E-state index contributed by atoms with van der Waals surface area (Å²) in [7, 11) is 1.80. The van der Waals surface area contributed by atoms with Gasteiger partial charge in [-0.2, -0.15) is 0 Å². The molecule has 1 unspecified atom stereocenters. The summed E-state index contributed by atoms with van der Waals surface area (Å²) in [6.07, 6.45) is 4.03. The SMILES string of the molecule is CN=C(NCCc1cccs1)NCCC1CCCN(C(=O)OC(C)(C)C)C1. The third-order valence-corrected chi connectivity index (χ3v) is 5.42. The average molecular weight is 395 g/mol. The third-order valence-electron chi connectivity index (χ3n) is 4.48. The Hall–Kier alpha value is -1.76. The molecule has 27 heavy (non-hydrogen) atoms. The molecule has 1 amide bonds. The number of amides is 1. The van der Waals surface area contributed by atoms with Gasteiger partial charge in [-0.1, -0.05) is 6.07 Å². The van der Waals surface area contributed by atoms with E-state index in [4.69, 9.17) is 4.74 Å². The van der Waals surface area contributed by atoms with Gasteiger partial charge in [0.2, 0.25) is 0 Å². The number of hydrogen-bond acceptors (Lipinski definition) is 4. The van der Waals surface area contributed by atoms with E-state index in [1.165, 1.54) is 4.88 Å². The maximum absolute atomic E-state index is 12.3. The highest BCUT2D eigenvalue weighted by Gasteiger charge is 2.27. The number of hydrogen-bond donors (Lipinski definition) is 2. The third kappa shape index (κ3) is 8.20. The van der Waals surface area contributed by atoms with Crippen LogP contribution >= 0.6 is 11.3 Å². The van der Waals surface area contributed by atoms with Crippen LogP contribution < -0.4 is 10.6 Å². The minimum absolute atomic E-state index is 0.189. The Bertz CT molecular complexity index is 596. The normalized spacial score (nSPS) is 18.3. The van der Waals surface area contributed by atoms with E-state index in [2.05, 4.69) is 33.1 Å². The van der Waals surface area contributed by atoms with Gasteiger partial charge in [0.05, 0.1) is 0 Å². The van der Waals surface area contributed by atoms with Crippen LogP contribution in [-0.2, 0) is 11.2 Å². The summed E-state index contributed by atoms with van der Waals surface area (Å²) in [4.78, 5) is 19.8. The molecule has 0 spiro atoms. The summed E-state index contributed by atoms with van der Waals surface area (Å²) in [5.41, 5.74) is -0.438. The van der Waals surface area contributed by atoms with E-state index in [0.717, 1.165) is 57.8 Å². The zero-order valence-electron chi connectivity index (χ0n) is 17.1. The molecule has 1 aliphatic heterocycles. The van der Waals surface area contributed by atoms with Crippen molar-refractivity contribution in [3.63, 3.8) is 0 Å². The Balaban J connectivity index is 1.66. The number of nitrogens with zero attached hydrogens (tertiary/aromatic N) is 2. The first-order valence-corrected chi connectivity index (χ1v) is 10.7. The van der Waals surface area contributed by atoms with E-state index < -0.39 is 5.60 Å². The minimum atomic E-state index is -0.438. The molecule has 0 bridgehead atoms. The van der Waals surface area contributed by atoms with Crippen molar-refractivity contribution in [2.75, 3.05) is 33.2 Å². The van der Waals surface area contributed by atoms with Gasteiger partial charge in [-0.3, -0.25) is 4.99 Å². The van der Waals surface area contributed by atoms with E-state index >= 15 is 0 Å². The number of aliphatic imine (C=N–C) groups is 1. The zero-order chi connectivity index (χ0) is 19.7. The molecular formula is C20H34N4O2S. The molecule has 1 aliphatic rings. The van der Waals surface area contributed by atoms with Gasteiger partial charge in [0.15, 0.2) is 5.96 Å². The molecule has 0 radical (unpaired) electrons. The Morgan fingerprint density at radius 2 is 2.15 bits per heavy atom. The Morgan fingerprint density at radius 1 is 1.37 bits per heavy atom. The molecule has 0 aliphatic carbocycles. The monoisotopic (exact) mass is 394 g/mol. The van der Waals surface area contributed by atoms with E-state index in [9.17, 15) is 4.79 Å². The lowest BCUT2D eigenvalue weighted by Crippen LogP contribution is -2.44. The summed E-state index contributed by atoms with van der Waals surface area (Å²) in [6, 6.07) is 4.24. The lowest BCUT2D eigenvalue weighted by Gasteiger charge is -2.34. The van der Waals surface area contributed by atoms with Crippen molar-refractivity contribution in [3.8, 4) is 0 Å². The number of guanidine groups is 1. The van der Waals surface area contributed by atoms with E-state index in [-0.39, 0.29) is 6.09 Å². The van der Waals surface area contributed by atoms with E-state index in [1.54, 1.807) is 18.4 Å². The fourth-order valence-electron chi connectivity index (χ4n) is 3.17. The highest BCUT2D eigenvalue weighted by atomic mass is 32.1. The molecule has 1 aromatic rings. The molecular weight excluding hydrogens is 360 g/mol. The average Bonchev–Trinajstić information content (AvgIpc) is 3.12. The molecule has 1 fully saturated rings. The molecule has 0 aromatic carbocycles. The van der Waals surface area contributed by atoms with Crippen molar-refractivity contribution in [1.82, 2.24) is 15.5 Å². The van der Waals surface area contributed by atoms with E-state index in [0.29, 0.717) is 5.92 Å². The van der Waals surface area contributed by atoms with Gasteiger partial charge in [0, 0.05) is 38.1 Å². The van der Waals surface area contributed by atoms with Crippen LogP contribution in [0, 0.1) is 5.92 Å².